The quantitative estimate of drug-likeness (QED) is 0.790. The van der Waals surface area contributed by atoms with Crippen LogP contribution in [0.15, 0.2) is 48.5 Å². The van der Waals surface area contributed by atoms with Crippen molar-refractivity contribution in [2.24, 2.45) is 0 Å². The van der Waals surface area contributed by atoms with Gasteiger partial charge in [0.15, 0.2) is 0 Å². The van der Waals surface area contributed by atoms with Gasteiger partial charge in [-0.15, -0.1) is 0 Å². The van der Waals surface area contributed by atoms with Crippen LogP contribution in [0, 0.1) is 0 Å². The first-order chi connectivity index (χ1) is 8.15. The molecule has 0 radical (unpaired) electrons. The molecule has 0 aliphatic carbocycles. The van der Waals surface area contributed by atoms with Crippen LogP contribution in [0.5, 0.6) is 0 Å². The molecule has 0 saturated carbocycles. The van der Waals surface area contributed by atoms with Gasteiger partial charge in [-0.1, -0.05) is 0 Å². The van der Waals surface area contributed by atoms with Gasteiger partial charge in [-0.2, -0.15) is 0 Å². The third-order valence-electron chi connectivity index (χ3n) is 2.10. The van der Waals surface area contributed by atoms with Gasteiger partial charge in [-0.25, -0.2) is 0 Å². The Morgan fingerprint density at radius 2 is 1.29 bits per heavy atom. The van der Waals surface area contributed by atoms with Crippen molar-refractivity contribution in [1.29, 1.82) is 0 Å². The molecule has 0 aliphatic heterocycles. The molecule has 1 nitrogen and oxygen atoms in total. The molecule has 2 rings (SSSR count). The zero-order valence-electron chi connectivity index (χ0n) is 8.69. The standard InChI is InChI=1S/C13H8Cl2OSe/c14-10-3-1-9(2-4-10)13(16)17-12-7-5-11(15)6-8-12/h1-8H. The predicted octanol–water partition coefficient (Wildman–Crippen LogP) is 3.16. The van der Waals surface area contributed by atoms with Crippen molar-refractivity contribution in [3.8, 4) is 0 Å². The van der Waals surface area contributed by atoms with Gasteiger partial charge in [0, 0.05) is 0 Å². The molecule has 0 atom stereocenters. The van der Waals surface area contributed by atoms with Crippen LogP contribution < -0.4 is 4.46 Å². The zero-order chi connectivity index (χ0) is 12.3. The third kappa shape index (κ3) is 3.58. The maximum atomic E-state index is 12.0. The van der Waals surface area contributed by atoms with Crippen molar-refractivity contribution >= 4 is 47.3 Å². The third-order valence-corrected chi connectivity index (χ3v) is 4.56. The molecule has 0 amide bonds. The van der Waals surface area contributed by atoms with Gasteiger partial charge in [-0.3, -0.25) is 0 Å². The summed E-state index contributed by atoms with van der Waals surface area (Å²) in [5.41, 5.74) is 0.698. The molecule has 0 spiro atoms. The van der Waals surface area contributed by atoms with Gasteiger partial charge in [-0.05, 0) is 0 Å². The molecule has 0 fully saturated rings. The molecule has 0 unspecified atom stereocenters. The normalized spacial score (nSPS) is 10.2. The van der Waals surface area contributed by atoms with E-state index in [4.69, 9.17) is 23.2 Å². The van der Waals surface area contributed by atoms with Crippen LogP contribution in [-0.2, 0) is 0 Å². The average Bonchev–Trinajstić information content (AvgIpc) is 2.33. The van der Waals surface area contributed by atoms with Crippen LogP contribution in [0.3, 0.4) is 0 Å². The number of benzene rings is 2. The molecule has 2 aromatic rings. The summed E-state index contributed by atoms with van der Waals surface area (Å²) in [5.74, 6) is 0. The van der Waals surface area contributed by atoms with Crippen molar-refractivity contribution in [2.75, 3.05) is 0 Å². The molecule has 0 bridgehead atoms. The van der Waals surface area contributed by atoms with Crippen LogP contribution in [-0.4, -0.2) is 19.6 Å². The molecule has 4 heteroatoms. The number of carbonyl (C=O) groups excluding carboxylic acids is 1. The fraction of sp³-hybridized carbons (Fsp3) is 0. The molecule has 17 heavy (non-hydrogen) atoms. The summed E-state index contributed by atoms with van der Waals surface area (Å²) in [4.78, 5) is 12.0. The Morgan fingerprint density at radius 1 is 0.824 bits per heavy atom. The summed E-state index contributed by atoms with van der Waals surface area (Å²) in [6.45, 7) is 0. The van der Waals surface area contributed by atoms with Crippen LogP contribution in [0.1, 0.15) is 10.4 Å². The number of halogens is 2. The monoisotopic (exact) mass is 330 g/mol. The van der Waals surface area contributed by atoms with E-state index in [0.717, 1.165) is 4.46 Å². The molecule has 0 aliphatic rings. The first kappa shape index (κ1) is 12.7. The van der Waals surface area contributed by atoms with E-state index in [0.29, 0.717) is 15.6 Å². The minimum atomic E-state index is -0.224. The predicted molar refractivity (Wildman–Crippen MR) is 72.6 cm³/mol. The molecule has 86 valence electrons. The molecule has 0 heterocycles. The molecular weight excluding hydrogens is 322 g/mol. The first-order valence-corrected chi connectivity index (χ1v) is 7.35. The zero-order valence-corrected chi connectivity index (χ0v) is 11.9. The summed E-state index contributed by atoms with van der Waals surface area (Å²) in [6, 6.07) is 14.3. The molecule has 2 aromatic carbocycles. The number of rotatable bonds is 3. The van der Waals surface area contributed by atoms with Crippen LogP contribution in [0.25, 0.3) is 0 Å². The van der Waals surface area contributed by atoms with E-state index in [2.05, 4.69) is 0 Å². The number of hydrogen-bond donors (Lipinski definition) is 0. The second-order valence-electron chi connectivity index (χ2n) is 3.35. The molecular formula is C13H8Cl2OSe. The Hall–Kier alpha value is -0.791. The maximum absolute atomic E-state index is 12.0. The van der Waals surface area contributed by atoms with E-state index < -0.39 is 0 Å². The summed E-state index contributed by atoms with van der Waals surface area (Å²) in [6.07, 6.45) is 0. The van der Waals surface area contributed by atoms with E-state index in [-0.39, 0.29) is 19.6 Å². The molecule has 0 N–H and O–H groups in total. The van der Waals surface area contributed by atoms with Crippen LogP contribution in [0.4, 0.5) is 0 Å². The summed E-state index contributed by atoms with van der Waals surface area (Å²) in [5, 5.41) is 1.32. The van der Waals surface area contributed by atoms with Crippen molar-refractivity contribution in [3.05, 3.63) is 64.1 Å². The van der Waals surface area contributed by atoms with Gasteiger partial charge in [0.1, 0.15) is 0 Å². The van der Waals surface area contributed by atoms with Gasteiger partial charge in [0.25, 0.3) is 0 Å². The fourth-order valence-electron chi connectivity index (χ4n) is 1.25. The minimum absolute atomic E-state index is 0.136. The van der Waals surface area contributed by atoms with E-state index in [1.807, 2.05) is 12.1 Å². The van der Waals surface area contributed by atoms with Crippen LogP contribution >= 0.6 is 23.2 Å². The Morgan fingerprint density at radius 3 is 1.82 bits per heavy atom. The van der Waals surface area contributed by atoms with E-state index in [1.165, 1.54) is 0 Å². The van der Waals surface area contributed by atoms with E-state index in [9.17, 15) is 4.79 Å². The van der Waals surface area contributed by atoms with Gasteiger partial charge < -0.3 is 0 Å². The van der Waals surface area contributed by atoms with Gasteiger partial charge >= 0.3 is 116 Å². The molecule has 0 aromatic heterocycles. The van der Waals surface area contributed by atoms with E-state index in [1.54, 1.807) is 36.4 Å². The molecule has 0 saturated heterocycles. The average molecular weight is 330 g/mol. The van der Waals surface area contributed by atoms with E-state index >= 15 is 0 Å². The number of hydrogen-bond acceptors (Lipinski definition) is 1. The first-order valence-electron chi connectivity index (χ1n) is 4.88. The Kier molecular flexibility index (Phi) is 4.25. The topological polar surface area (TPSA) is 17.1 Å². The van der Waals surface area contributed by atoms with Crippen molar-refractivity contribution in [3.63, 3.8) is 0 Å². The summed E-state index contributed by atoms with van der Waals surface area (Å²) < 4.78 is 1.15. The Bertz CT molecular complexity index is 520. The number of carbonyl (C=O) groups is 1. The second kappa shape index (κ2) is 5.70. The van der Waals surface area contributed by atoms with Gasteiger partial charge in [0.05, 0.1) is 0 Å². The fourth-order valence-corrected chi connectivity index (χ4v) is 3.06. The van der Waals surface area contributed by atoms with Crippen molar-refractivity contribution in [2.45, 2.75) is 0 Å². The van der Waals surface area contributed by atoms with Crippen molar-refractivity contribution in [1.82, 2.24) is 0 Å². The second-order valence-corrected chi connectivity index (χ2v) is 6.42. The summed E-state index contributed by atoms with van der Waals surface area (Å²) in [7, 11) is 0. The Balaban J connectivity index is 2.11. The SMILES string of the molecule is O=C([Se]c1ccc(Cl)cc1)c1ccc(Cl)cc1. The van der Waals surface area contributed by atoms with Crippen molar-refractivity contribution < 1.29 is 4.79 Å². The van der Waals surface area contributed by atoms with Crippen LogP contribution in [0.2, 0.25) is 10.0 Å². The Labute approximate surface area is 116 Å². The van der Waals surface area contributed by atoms with Gasteiger partial charge in [0.2, 0.25) is 0 Å². The summed E-state index contributed by atoms with van der Waals surface area (Å²) >= 11 is 11.3.